The van der Waals surface area contributed by atoms with Gasteiger partial charge in [-0.25, -0.2) is 0 Å². The lowest BCUT2D eigenvalue weighted by Gasteiger charge is -2.29. The third-order valence-corrected chi connectivity index (χ3v) is 9.61. The fraction of sp³-hybridized carbons (Fsp3) is 0.308. The number of benzene rings is 5. The van der Waals surface area contributed by atoms with E-state index in [2.05, 4.69) is 40.2 Å². The molecule has 0 saturated carbocycles. The first-order chi connectivity index (χ1) is 24.6. The summed E-state index contributed by atoms with van der Waals surface area (Å²) in [5.41, 5.74) is 1.40. The van der Waals surface area contributed by atoms with E-state index in [0.717, 1.165) is 37.9 Å². The summed E-state index contributed by atoms with van der Waals surface area (Å²) in [6, 6.07) is 19.6. The minimum atomic E-state index is -1.43. The summed E-state index contributed by atoms with van der Waals surface area (Å²) >= 11 is 0. The van der Waals surface area contributed by atoms with Gasteiger partial charge in [-0.1, -0.05) is 66.7 Å². The summed E-state index contributed by atoms with van der Waals surface area (Å²) in [6.07, 6.45) is 0.0125. The standard InChI is InChI=1S/C39H40N4O8/c1-22(46)31(20-44)41-38(50)33-6-3-17-43(33)39(51)32(21-45)42-37(49)30(18-23-7-14-28(47)15-8-23)40-34(48)19-27-12-11-26-10-9-24-4-2-5-25-13-16-29(27)36(26)35(24)25/h2,4-5,7-16,20,22,30-33,45-47H,3,6,17-19,21H2,1H3,(H,40,48)(H,41,50)(H,42,49)/t22-,30+,31-,32+,33+/m1/s1. The lowest BCUT2D eigenvalue weighted by Crippen LogP contribution is -2.59. The van der Waals surface area contributed by atoms with Gasteiger partial charge in [0.25, 0.3) is 0 Å². The molecule has 0 radical (unpaired) electrons. The maximum Gasteiger partial charge on any atom is 0.248 e. The molecule has 4 amide bonds. The highest BCUT2D eigenvalue weighted by atomic mass is 16.3. The Morgan fingerprint density at radius 3 is 2.20 bits per heavy atom. The Kier molecular flexibility index (Phi) is 10.4. The molecule has 0 aromatic heterocycles. The molecule has 1 fully saturated rings. The SMILES string of the molecule is C[C@@H](O)[C@@H](C=O)NC(=O)[C@@H]1CCCN1C(=O)[C@H](CO)NC(=O)[C@H](Cc1ccc(O)cc1)NC(=O)Cc1ccc2ccc3cccc4ccc1c2c34. The number of aromatic hydroxyl groups is 1. The van der Waals surface area contributed by atoms with Crippen molar-refractivity contribution in [2.45, 2.75) is 62.9 Å². The number of rotatable bonds is 13. The van der Waals surface area contributed by atoms with Gasteiger partial charge in [0.05, 0.1) is 19.1 Å². The highest BCUT2D eigenvalue weighted by molar-refractivity contribution is 6.23. The Balaban J connectivity index is 1.20. The third-order valence-electron chi connectivity index (χ3n) is 9.61. The summed E-state index contributed by atoms with van der Waals surface area (Å²) in [4.78, 5) is 66.6. The van der Waals surface area contributed by atoms with Crippen LogP contribution >= 0.6 is 0 Å². The molecular formula is C39H40N4O8. The number of phenols is 1. The smallest absolute Gasteiger partial charge is 0.248 e. The van der Waals surface area contributed by atoms with Gasteiger partial charge in [-0.3, -0.25) is 19.2 Å². The van der Waals surface area contributed by atoms with Crippen molar-refractivity contribution in [2.24, 2.45) is 0 Å². The van der Waals surface area contributed by atoms with Crippen LogP contribution in [-0.4, -0.2) is 93.6 Å². The quantitative estimate of drug-likeness (QED) is 0.0800. The van der Waals surface area contributed by atoms with E-state index in [4.69, 9.17) is 0 Å². The van der Waals surface area contributed by atoms with Gasteiger partial charge in [-0.05, 0) is 75.3 Å². The molecule has 1 aliphatic heterocycles. The Morgan fingerprint density at radius 2 is 1.53 bits per heavy atom. The van der Waals surface area contributed by atoms with Crippen molar-refractivity contribution >= 4 is 62.2 Å². The number of aliphatic hydroxyl groups is 2. The van der Waals surface area contributed by atoms with Crippen molar-refractivity contribution in [3.05, 3.63) is 90.0 Å². The van der Waals surface area contributed by atoms with Gasteiger partial charge in [-0.2, -0.15) is 0 Å². The Bertz CT molecular complexity index is 2070. The van der Waals surface area contributed by atoms with E-state index in [1.165, 1.54) is 24.0 Å². The number of hydrogen-bond donors (Lipinski definition) is 6. The van der Waals surface area contributed by atoms with Crippen LogP contribution in [0.4, 0.5) is 0 Å². The van der Waals surface area contributed by atoms with Crippen molar-refractivity contribution in [2.75, 3.05) is 13.2 Å². The zero-order chi connectivity index (χ0) is 36.2. The number of carbonyl (C=O) groups is 5. The minimum absolute atomic E-state index is 0.0177. The van der Waals surface area contributed by atoms with Gasteiger partial charge >= 0.3 is 0 Å². The van der Waals surface area contributed by atoms with Crippen LogP contribution in [0.5, 0.6) is 5.75 Å². The van der Waals surface area contributed by atoms with E-state index in [9.17, 15) is 39.3 Å². The fourth-order valence-corrected chi connectivity index (χ4v) is 6.94. The first-order valence-corrected chi connectivity index (χ1v) is 17.0. The maximum atomic E-state index is 13.8. The van der Waals surface area contributed by atoms with E-state index < -0.39 is 60.5 Å². The van der Waals surface area contributed by atoms with E-state index in [1.54, 1.807) is 12.1 Å². The van der Waals surface area contributed by atoms with Gasteiger partial charge in [0.2, 0.25) is 23.6 Å². The molecule has 12 nitrogen and oxygen atoms in total. The minimum Gasteiger partial charge on any atom is -0.508 e. The molecule has 51 heavy (non-hydrogen) atoms. The van der Waals surface area contributed by atoms with E-state index in [1.807, 2.05) is 30.3 Å². The second kappa shape index (κ2) is 15.1. The first-order valence-electron chi connectivity index (χ1n) is 17.0. The Labute approximate surface area is 293 Å². The molecule has 1 saturated heterocycles. The van der Waals surface area contributed by atoms with Gasteiger partial charge in [-0.15, -0.1) is 0 Å². The number of nitrogens with zero attached hydrogens (tertiary/aromatic N) is 1. The number of nitrogens with one attached hydrogen (secondary N) is 3. The van der Waals surface area contributed by atoms with E-state index >= 15 is 0 Å². The van der Waals surface area contributed by atoms with Crippen molar-refractivity contribution in [3.63, 3.8) is 0 Å². The monoisotopic (exact) mass is 692 g/mol. The van der Waals surface area contributed by atoms with Crippen LogP contribution in [-0.2, 0) is 36.8 Å². The predicted octanol–water partition coefficient (Wildman–Crippen LogP) is 2.09. The van der Waals surface area contributed by atoms with Crippen molar-refractivity contribution in [1.29, 1.82) is 0 Å². The van der Waals surface area contributed by atoms with Crippen molar-refractivity contribution in [3.8, 4) is 5.75 Å². The molecule has 5 aromatic rings. The average Bonchev–Trinajstić information content (AvgIpc) is 3.63. The number of phenolic OH excluding ortho intramolecular Hbond substituents is 1. The van der Waals surface area contributed by atoms with Crippen LogP contribution in [0.25, 0.3) is 32.3 Å². The van der Waals surface area contributed by atoms with Gasteiger partial charge < -0.3 is 41.0 Å². The third kappa shape index (κ3) is 7.47. The van der Waals surface area contributed by atoms with Crippen LogP contribution in [0.2, 0.25) is 0 Å². The van der Waals surface area contributed by atoms with Crippen LogP contribution in [0, 0.1) is 0 Å². The maximum absolute atomic E-state index is 13.8. The molecule has 264 valence electrons. The normalized spacial score (nSPS) is 16.8. The highest BCUT2D eigenvalue weighted by Crippen LogP contribution is 2.36. The first kappa shape index (κ1) is 35.2. The lowest BCUT2D eigenvalue weighted by atomic mass is 9.91. The number of hydrogen-bond acceptors (Lipinski definition) is 8. The van der Waals surface area contributed by atoms with Gasteiger partial charge in [0.15, 0.2) is 0 Å². The average molecular weight is 693 g/mol. The van der Waals surface area contributed by atoms with Crippen molar-refractivity contribution < 1.29 is 39.3 Å². The van der Waals surface area contributed by atoms with Crippen LogP contribution in [0.3, 0.4) is 0 Å². The molecule has 12 heteroatoms. The largest absolute Gasteiger partial charge is 0.508 e. The second-order valence-electron chi connectivity index (χ2n) is 13.1. The van der Waals surface area contributed by atoms with Gasteiger partial charge in [0.1, 0.15) is 36.2 Å². The predicted molar refractivity (Wildman–Crippen MR) is 191 cm³/mol. The Hall–Kier alpha value is -5.59. The molecule has 0 bridgehead atoms. The lowest BCUT2D eigenvalue weighted by molar-refractivity contribution is -0.143. The van der Waals surface area contributed by atoms with Crippen molar-refractivity contribution in [1.82, 2.24) is 20.9 Å². The molecule has 6 rings (SSSR count). The van der Waals surface area contributed by atoms with Crippen LogP contribution in [0.15, 0.2) is 78.9 Å². The Morgan fingerprint density at radius 1 is 0.863 bits per heavy atom. The molecular weight excluding hydrogens is 652 g/mol. The highest BCUT2D eigenvalue weighted by Gasteiger charge is 2.39. The van der Waals surface area contributed by atoms with E-state index in [-0.39, 0.29) is 31.6 Å². The molecule has 5 atom stereocenters. The number of aliphatic hydroxyl groups excluding tert-OH is 2. The number of aldehydes is 1. The number of likely N-dealkylation sites (tertiary alicyclic amines) is 1. The zero-order valence-corrected chi connectivity index (χ0v) is 28.0. The molecule has 6 N–H and O–H groups in total. The summed E-state index contributed by atoms with van der Waals surface area (Å²) in [5, 5.41) is 43.9. The van der Waals surface area contributed by atoms with Crippen LogP contribution in [0.1, 0.15) is 30.9 Å². The summed E-state index contributed by atoms with van der Waals surface area (Å²) in [5.74, 6) is -2.47. The molecule has 1 aliphatic rings. The number of carbonyl (C=O) groups excluding carboxylic acids is 5. The summed E-state index contributed by atoms with van der Waals surface area (Å²) in [6.45, 7) is 0.757. The summed E-state index contributed by atoms with van der Waals surface area (Å²) in [7, 11) is 0. The van der Waals surface area contributed by atoms with Gasteiger partial charge in [0, 0.05) is 13.0 Å². The fourth-order valence-electron chi connectivity index (χ4n) is 6.94. The molecule has 0 aliphatic carbocycles. The molecule has 0 spiro atoms. The van der Waals surface area contributed by atoms with Crippen LogP contribution < -0.4 is 16.0 Å². The molecule has 5 aromatic carbocycles. The van der Waals surface area contributed by atoms with E-state index in [0.29, 0.717) is 18.3 Å². The second-order valence-corrected chi connectivity index (χ2v) is 13.1. The topological polar surface area (TPSA) is 185 Å². The summed E-state index contributed by atoms with van der Waals surface area (Å²) < 4.78 is 0. The molecule has 0 unspecified atom stereocenters. The number of amides is 4. The molecule has 1 heterocycles. The zero-order valence-electron chi connectivity index (χ0n) is 28.0.